The second-order valence-corrected chi connectivity index (χ2v) is 6.28. The second-order valence-electron chi connectivity index (χ2n) is 6.28. The molecule has 0 aromatic heterocycles. The molecule has 2 aliphatic carbocycles. The van der Waals surface area contributed by atoms with Gasteiger partial charge < -0.3 is 11.1 Å². The standard InChI is InChI=1S/C14H25F3N2/c15-14(16,17)11-6-8-13(10-18,9-7-11)19-12-4-2-1-3-5-12/h11-12,19H,1-10,18H2. The predicted molar refractivity (Wildman–Crippen MR) is 69.8 cm³/mol. The zero-order valence-corrected chi connectivity index (χ0v) is 11.4. The van der Waals surface area contributed by atoms with Gasteiger partial charge in [-0.2, -0.15) is 13.2 Å². The molecule has 0 spiro atoms. The highest BCUT2D eigenvalue weighted by Crippen LogP contribution is 2.41. The molecule has 0 saturated heterocycles. The number of halogens is 3. The van der Waals surface area contributed by atoms with Crippen LogP contribution in [0, 0.1) is 5.92 Å². The molecule has 5 heteroatoms. The Bertz CT molecular complexity index is 277. The summed E-state index contributed by atoms with van der Waals surface area (Å²) >= 11 is 0. The van der Waals surface area contributed by atoms with Crippen molar-refractivity contribution in [1.29, 1.82) is 0 Å². The van der Waals surface area contributed by atoms with Gasteiger partial charge >= 0.3 is 6.18 Å². The van der Waals surface area contributed by atoms with E-state index in [1.807, 2.05) is 0 Å². The summed E-state index contributed by atoms with van der Waals surface area (Å²) in [5, 5.41) is 3.60. The van der Waals surface area contributed by atoms with E-state index in [4.69, 9.17) is 5.73 Å². The first-order valence-corrected chi connectivity index (χ1v) is 7.50. The number of alkyl halides is 3. The van der Waals surface area contributed by atoms with Crippen molar-refractivity contribution in [1.82, 2.24) is 5.32 Å². The fraction of sp³-hybridized carbons (Fsp3) is 1.00. The van der Waals surface area contributed by atoms with Crippen molar-refractivity contribution >= 4 is 0 Å². The fourth-order valence-corrected chi connectivity index (χ4v) is 3.59. The quantitative estimate of drug-likeness (QED) is 0.830. The Balaban J connectivity index is 1.90. The molecule has 19 heavy (non-hydrogen) atoms. The minimum atomic E-state index is -4.04. The minimum Gasteiger partial charge on any atom is -0.329 e. The molecule has 0 atom stereocenters. The average molecular weight is 278 g/mol. The maximum Gasteiger partial charge on any atom is 0.391 e. The van der Waals surface area contributed by atoms with Crippen molar-refractivity contribution in [3.05, 3.63) is 0 Å². The van der Waals surface area contributed by atoms with E-state index in [9.17, 15) is 13.2 Å². The summed E-state index contributed by atoms with van der Waals surface area (Å²) in [6.07, 6.45) is 3.55. The smallest absolute Gasteiger partial charge is 0.329 e. The molecule has 0 amide bonds. The normalized spacial score (nSPS) is 34.4. The largest absolute Gasteiger partial charge is 0.391 e. The Morgan fingerprint density at radius 1 is 1.00 bits per heavy atom. The molecule has 0 aliphatic heterocycles. The van der Waals surface area contributed by atoms with Gasteiger partial charge in [-0.3, -0.25) is 0 Å². The lowest BCUT2D eigenvalue weighted by molar-refractivity contribution is -0.185. The molecule has 0 radical (unpaired) electrons. The van der Waals surface area contributed by atoms with E-state index in [0.717, 1.165) is 12.8 Å². The van der Waals surface area contributed by atoms with E-state index < -0.39 is 12.1 Å². The molecule has 2 fully saturated rings. The highest BCUT2D eigenvalue weighted by Gasteiger charge is 2.45. The fourth-order valence-electron chi connectivity index (χ4n) is 3.59. The van der Waals surface area contributed by atoms with Gasteiger partial charge in [-0.15, -0.1) is 0 Å². The van der Waals surface area contributed by atoms with Crippen LogP contribution in [0.4, 0.5) is 13.2 Å². The van der Waals surface area contributed by atoms with Crippen molar-refractivity contribution in [3.63, 3.8) is 0 Å². The number of nitrogens with two attached hydrogens (primary N) is 1. The first-order chi connectivity index (χ1) is 8.95. The van der Waals surface area contributed by atoms with Gasteiger partial charge in [-0.1, -0.05) is 19.3 Å². The third kappa shape index (κ3) is 3.85. The van der Waals surface area contributed by atoms with Crippen molar-refractivity contribution in [3.8, 4) is 0 Å². The van der Waals surface area contributed by atoms with Crippen LogP contribution in [-0.4, -0.2) is 24.3 Å². The summed E-state index contributed by atoms with van der Waals surface area (Å²) in [4.78, 5) is 0. The van der Waals surface area contributed by atoms with E-state index >= 15 is 0 Å². The summed E-state index contributed by atoms with van der Waals surface area (Å²) in [5.41, 5.74) is 5.62. The lowest BCUT2D eigenvalue weighted by atomic mass is 9.75. The summed E-state index contributed by atoms with van der Waals surface area (Å²) in [7, 11) is 0. The Labute approximate surface area is 113 Å². The molecule has 112 valence electrons. The van der Waals surface area contributed by atoms with Crippen LogP contribution in [0.25, 0.3) is 0 Å². The number of rotatable bonds is 3. The summed E-state index contributed by atoms with van der Waals surface area (Å²) in [5.74, 6) is -1.12. The number of nitrogens with one attached hydrogen (secondary N) is 1. The van der Waals surface area contributed by atoms with E-state index in [1.165, 1.54) is 19.3 Å². The maximum absolute atomic E-state index is 12.7. The van der Waals surface area contributed by atoms with Gasteiger partial charge in [0.25, 0.3) is 0 Å². The van der Waals surface area contributed by atoms with Crippen LogP contribution >= 0.6 is 0 Å². The molecule has 0 bridgehead atoms. The monoisotopic (exact) mass is 278 g/mol. The summed E-state index contributed by atoms with van der Waals surface area (Å²) in [6.45, 7) is 0.452. The third-order valence-corrected chi connectivity index (χ3v) is 4.91. The maximum atomic E-state index is 12.7. The van der Waals surface area contributed by atoms with Crippen LogP contribution in [0.2, 0.25) is 0 Å². The lowest BCUT2D eigenvalue weighted by Crippen LogP contribution is -2.57. The lowest BCUT2D eigenvalue weighted by Gasteiger charge is -2.43. The molecule has 0 heterocycles. The molecular formula is C14H25F3N2. The molecular weight excluding hydrogens is 253 g/mol. The van der Waals surface area contributed by atoms with Crippen molar-refractivity contribution < 1.29 is 13.2 Å². The van der Waals surface area contributed by atoms with E-state index in [-0.39, 0.29) is 18.4 Å². The molecule has 0 aromatic carbocycles. The first-order valence-electron chi connectivity index (χ1n) is 7.50. The average Bonchev–Trinajstić information content (AvgIpc) is 2.39. The van der Waals surface area contributed by atoms with Crippen LogP contribution in [-0.2, 0) is 0 Å². The van der Waals surface area contributed by atoms with Crippen molar-refractivity contribution in [2.75, 3.05) is 6.54 Å². The van der Waals surface area contributed by atoms with Crippen molar-refractivity contribution in [2.45, 2.75) is 75.5 Å². The predicted octanol–water partition coefficient (Wildman–Crippen LogP) is 3.36. The molecule has 2 rings (SSSR count). The number of hydrogen-bond acceptors (Lipinski definition) is 2. The molecule has 0 unspecified atom stereocenters. The molecule has 2 nitrogen and oxygen atoms in total. The summed E-state index contributed by atoms with van der Waals surface area (Å²) < 4.78 is 38.1. The van der Waals surface area contributed by atoms with Crippen LogP contribution in [0.5, 0.6) is 0 Å². The zero-order valence-electron chi connectivity index (χ0n) is 11.4. The second kappa shape index (κ2) is 6.00. The Hall–Kier alpha value is -0.290. The SMILES string of the molecule is NCC1(NC2CCCCC2)CCC(C(F)(F)F)CC1. The van der Waals surface area contributed by atoms with E-state index in [1.54, 1.807) is 0 Å². The molecule has 2 aliphatic rings. The van der Waals surface area contributed by atoms with E-state index in [0.29, 0.717) is 25.4 Å². The third-order valence-electron chi connectivity index (χ3n) is 4.91. The van der Waals surface area contributed by atoms with Gasteiger partial charge in [0.2, 0.25) is 0 Å². The van der Waals surface area contributed by atoms with Crippen LogP contribution in [0.3, 0.4) is 0 Å². The van der Waals surface area contributed by atoms with Gasteiger partial charge in [0.15, 0.2) is 0 Å². The van der Waals surface area contributed by atoms with E-state index in [2.05, 4.69) is 5.32 Å². The zero-order chi connectivity index (χ0) is 13.9. The highest BCUT2D eigenvalue weighted by atomic mass is 19.4. The van der Waals surface area contributed by atoms with Gasteiger partial charge in [-0.05, 0) is 38.5 Å². The molecule has 3 N–H and O–H groups in total. The minimum absolute atomic E-state index is 0.223. The molecule has 0 aromatic rings. The Morgan fingerprint density at radius 3 is 2.05 bits per heavy atom. The number of hydrogen-bond donors (Lipinski definition) is 2. The summed E-state index contributed by atoms with van der Waals surface area (Å²) in [6, 6.07) is 0.458. The van der Waals surface area contributed by atoms with Crippen LogP contribution in [0.15, 0.2) is 0 Å². The first kappa shape index (κ1) is 15.1. The van der Waals surface area contributed by atoms with Crippen molar-refractivity contribution in [2.24, 2.45) is 11.7 Å². The topological polar surface area (TPSA) is 38.0 Å². The van der Waals surface area contributed by atoms with Crippen LogP contribution in [0.1, 0.15) is 57.8 Å². The molecule has 2 saturated carbocycles. The highest BCUT2D eigenvalue weighted by molar-refractivity contribution is 4.97. The Morgan fingerprint density at radius 2 is 1.58 bits per heavy atom. The van der Waals surface area contributed by atoms with Gasteiger partial charge in [0, 0.05) is 18.1 Å². The Kier molecular flexibility index (Phi) is 4.77. The van der Waals surface area contributed by atoms with Crippen LogP contribution < -0.4 is 11.1 Å². The van der Waals surface area contributed by atoms with Gasteiger partial charge in [0.1, 0.15) is 0 Å². The van der Waals surface area contributed by atoms with Gasteiger partial charge in [0.05, 0.1) is 5.92 Å². The van der Waals surface area contributed by atoms with Gasteiger partial charge in [-0.25, -0.2) is 0 Å².